The molecule has 0 bridgehead atoms. The normalized spacial score (nSPS) is 23.6. The highest BCUT2D eigenvalue weighted by molar-refractivity contribution is 5.77. The van der Waals surface area contributed by atoms with Crippen molar-refractivity contribution in [2.24, 2.45) is 0 Å². The van der Waals surface area contributed by atoms with Crippen LogP contribution >= 0.6 is 0 Å². The van der Waals surface area contributed by atoms with Crippen LogP contribution < -0.4 is 5.32 Å². The van der Waals surface area contributed by atoms with E-state index in [0.717, 1.165) is 38.6 Å². The summed E-state index contributed by atoms with van der Waals surface area (Å²) in [6.07, 6.45) is -0.558. The van der Waals surface area contributed by atoms with E-state index in [1.54, 1.807) is 4.90 Å². The van der Waals surface area contributed by atoms with Gasteiger partial charge in [-0.05, 0) is 12.8 Å². The summed E-state index contributed by atoms with van der Waals surface area (Å²) in [5.74, 6) is -0.333. The zero-order valence-electron chi connectivity index (χ0n) is 11.1. The van der Waals surface area contributed by atoms with Gasteiger partial charge in [0.05, 0.1) is 12.0 Å². The van der Waals surface area contributed by atoms with E-state index >= 15 is 0 Å². The number of halogens is 3. The Bertz CT molecular complexity index is 316. The second-order valence-electron chi connectivity index (χ2n) is 5.62. The van der Waals surface area contributed by atoms with Gasteiger partial charge in [-0.2, -0.15) is 13.2 Å². The van der Waals surface area contributed by atoms with E-state index in [4.69, 9.17) is 0 Å². The zero-order chi connectivity index (χ0) is 13.9. The molecule has 19 heavy (non-hydrogen) atoms. The highest BCUT2D eigenvalue weighted by Gasteiger charge is 2.42. The fraction of sp³-hybridized carbons (Fsp3) is 0.923. The molecule has 110 valence electrons. The third-order valence-electron chi connectivity index (χ3n) is 4.25. The molecular weight excluding hydrogens is 257 g/mol. The highest BCUT2D eigenvalue weighted by atomic mass is 19.4. The van der Waals surface area contributed by atoms with Crippen molar-refractivity contribution in [2.45, 2.75) is 56.7 Å². The van der Waals surface area contributed by atoms with Gasteiger partial charge in [0.15, 0.2) is 0 Å². The van der Waals surface area contributed by atoms with Gasteiger partial charge in [-0.15, -0.1) is 0 Å². The Morgan fingerprint density at radius 1 is 1.21 bits per heavy atom. The number of carbonyl (C=O) groups is 1. The number of nitrogens with one attached hydrogen (secondary N) is 1. The van der Waals surface area contributed by atoms with Gasteiger partial charge in [0, 0.05) is 26.1 Å². The Morgan fingerprint density at radius 2 is 1.89 bits per heavy atom. The lowest BCUT2D eigenvalue weighted by atomic mass is 9.79. The van der Waals surface area contributed by atoms with Crippen LogP contribution in [0.5, 0.6) is 0 Å². The van der Waals surface area contributed by atoms with E-state index in [-0.39, 0.29) is 11.4 Å². The van der Waals surface area contributed by atoms with Gasteiger partial charge in [-0.1, -0.05) is 19.3 Å². The lowest BCUT2D eigenvalue weighted by Crippen LogP contribution is -2.63. The molecule has 0 aromatic carbocycles. The maximum absolute atomic E-state index is 12.2. The first-order valence-electron chi connectivity index (χ1n) is 7.01. The predicted molar refractivity (Wildman–Crippen MR) is 65.7 cm³/mol. The van der Waals surface area contributed by atoms with Gasteiger partial charge in [-0.3, -0.25) is 4.79 Å². The molecule has 1 aliphatic heterocycles. The molecule has 0 radical (unpaired) electrons. The Morgan fingerprint density at radius 3 is 2.53 bits per heavy atom. The first kappa shape index (κ1) is 14.6. The molecule has 0 atom stereocenters. The summed E-state index contributed by atoms with van der Waals surface area (Å²) < 4.78 is 36.7. The van der Waals surface area contributed by atoms with Crippen molar-refractivity contribution < 1.29 is 18.0 Å². The predicted octanol–water partition coefficient (Wildman–Crippen LogP) is 2.46. The number of carbonyl (C=O) groups excluding carboxylic acids is 1. The summed E-state index contributed by atoms with van der Waals surface area (Å²) in [5, 5.41) is 3.29. The van der Waals surface area contributed by atoms with E-state index < -0.39 is 19.0 Å². The van der Waals surface area contributed by atoms with Crippen LogP contribution in [0.2, 0.25) is 0 Å². The smallest absolute Gasteiger partial charge is 0.334 e. The summed E-state index contributed by atoms with van der Waals surface area (Å²) in [5.41, 5.74) is -0.223. The van der Waals surface area contributed by atoms with Crippen LogP contribution in [0.15, 0.2) is 0 Å². The second-order valence-corrected chi connectivity index (χ2v) is 5.62. The number of rotatable bonds is 2. The number of hydrogen-bond acceptors (Lipinski definition) is 2. The molecule has 1 spiro atoms. The summed E-state index contributed by atoms with van der Waals surface area (Å²) in [6.45, 7) is 1.95. The first-order valence-corrected chi connectivity index (χ1v) is 7.01. The summed E-state index contributed by atoms with van der Waals surface area (Å²) in [7, 11) is 0. The molecule has 1 amide bonds. The third-order valence-corrected chi connectivity index (χ3v) is 4.25. The molecule has 2 rings (SSSR count). The highest BCUT2D eigenvalue weighted by Crippen LogP contribution is 2.35. The fourth-order valence-corrected chi connectivity index (χ4v) is 3.27. The SMILES string of the molecule is O=C(CCC(F)(F)F)N1CCNCC12CCCCC2. The Kier molecular flexibility index (Phi) is 4.38. The number of alkyl halides is 3. The quantitative estimate of drug-likeness (QED) is 0.841. The van der Waals surface area contributed by atoms with Crippen LogP contribution in [-0.4, -0.2) is 42.2 Å². The van der Waals surface area contributed by atoms with Crippen molar-refractivity contribution in [3.63, 3.8) is 0 Å². The van der Waals surface area contributed by atoms with Crippen LogP contribution in [-0.2, 0) is 4.79 Å². The van der Waals surface area contributed by atoms with E-state index in [2.05, 4.69) is 5.32 Å². The first-order chi connectivity index (χ1) is 8.93. The molecule has 2 aliphatic rings. The lowest BCUT2D eigenvalue weighted by Gasteiger charge is -2.50. The van der Waals surface area contributed by atoms with Crippen molar-refractivity contribution in [3.05, 3.63) is 0 Å². The lowest BCUT2D eigenvalue weighted by molar-refractivity contribution is -0.154. The molecule has 1 saturated carbocycles. The number of hydrogen-bond donors (Lipinski definition) is 1. The van der Waals surface area contributed by atoms with Gasteiger partial charge in [0.2, 0.25) is 5.91 Å². The van der Waals surface area contributed by atoms with Crippen LogP contribution in [0, 0.1) is 0 Å². The molecule has 1 saturated heterocycles. The van der Waals surface area contributed by atoms with E-state index in [0.29, 0.717) is 13.1 Å². The number of nitrogens with zero attached hydrogens (tertiary/aromatic N) is 1. The molecule has 6 heteroatoms. The van der Waals surface area contributed by atoms with Crippen LogP contribution in [0.3, 0.4) is 0 Å². The van der Waals surface area contributed by atoms with Crippen LogP contribution in [0.4, 0.5) is 13.2 Å². The zero-order valence-corrected chi connectivity index (χ0v) is 11.1. The minimum absolute atomic E-state index is 0.223. The Balaban J connectivity index is 2.00. The number of piperazine rings is 1. The van der Waals surface area contributed by atoms with Gasteiger partial charge in [0.25, 0.3) is 0 Å². The Hall–Kier alpha value is -0.780. The summed E-state index contributed by atoms with van der Waals surface area (Å²) >= 11 is 0. The Labute approximate surface area is 111 Å². The summed E-state index contributed by atoms with van der Waals surface area (Å²) in [4.78, 5) is 13.8. The van der Waals surface area contributed by atoms with E-state index in [1.165, 1.54) is 0 Å². The molecule has 0 aromatic heterocycles. The standard InChI is InChI=1S/C13H21F3N2O/c14-13(15,16)7-4-11(19)18-9-8-17-10-12(18)5-2-1-3-6-12/h17H,1-10H2. The van der Waals surface area contributed by atoms with Gasteiger partial charge in [-0.25, -0.2) is 0 Å². The molecule has 1 heterocycles. The molecular formula is C13H21F3N2O. The minimum Gasteiger partial charge on any atom is -0.334 e. The average Bonchev–Trinajstić information content (AvgIpc) is 2.37. The minimum atomic E-state index is -4.25. The van der Waals surface area contributed by atoms with Gasteiger partial charge >= 0.3 is 6.18 Å². The molecule has 1 N–H and O–H groups in total. The van der Waals surface area contributed by atoms with Crippen LogP contribution in [0.25, 0.3) is 0 Å². The van der Waals surface area contributed by atoms with E-state index in [1.807, 2.05) is 0 Å². The third kappa shape index (κ3) is 3.61. The fourth-order valence-electron chi connectivity index (χ4n) is 3.27. The summed E-state index contributed by atoms with van der Waals surface area (Å²) in [6, 6.07) is 0. The monoisotopic (exact) mass is 278 g/mol. The number of amides is 1. The maximum Gasteiger partial charge on any atom is 0.389 e. The van der Waals surface area contributed by atoms with Crippen molar-refractivity contribution in [2.75, 3.05) is 19.6 Å². The second kappa shape index (κ2) is 5.69. The van der Waals surface area contributed by atoms with Crippen molar-refractivity contribution >= 4 is 5.91 Å². The van der Waals surface area contributed by atoms with Crippen LogP contribution in [0.1, 0.15) is 44.9 Å². The molecule has 0 unspecified atom stereocenters. The molecule has 1 aliphatic carbocycles. The average molecular weight is 278 g/mol. The van der Waals surface area contributed by atoms with Crippen molar-refractivity contribution in [1.29, 1.82) is 0 Å². The van der Waals surface area contributed by atoms with Crippen molar-refractivity contribution in [3.8, 4) is 0 Å². The maximum atomic E-state index is 12.2. The largest absolute Gasteiger partial charge is 0.389 e. The van der Waals surface area contributed by atoms with Gasteiger partial charge < -0.3 is 10.2 Å². The van der Waals surface area contributed by atoms with Gasteiger partial charge in [0.1, 0.15) is 0 Å². The topological polar surface area (TPSA) is 32.3 Å². The molecule has 0 aromatic rings. The molecule has 3 nitrogen and oxygen atoms in total. The molecule has 2 fully saturated rings. The van der Waals surface area contributed by atoms with Crippen molar-refractivity contribution in [1.82, 2.24) is 10.2 Å². The van der Waals surface area contributed by atoms with E-state index in [9.17, 15) is 18.0 Å².